The lowest BCUT2D eigenvalue weighted by Crippen LogP contribution is -2.39. The van der Waals surface area contributed by atoms with Crippen molar-refractivity contribution < 1.29 is 4.74 Å². The average Bonchev–Trinajstić information content (AvgIpc) is 3.22. The molecule has 0 radical (unpaired) electrons. The Morgan fingerprint density at radius 1 is 1.21 bits per heavy atom. The predicted octanol–water partition coefficient (Wildman–Crippen LogP) is 3.90. The van der Waals surface area contributed by atoms with Crippen molar-refractivity contribution in [3.63, 3.8) is 0 Å². The molecule has 1 aromatic rings. The minimum Gasteiger partial charge on any atom is -0.493 e. The van der Waals surface area contributed by atoms with E-state index in [0.29, 0.717) is 0 Å². The maximum atomic E-state index is 6.69. The van der Waals surface area contributed by atoms with Crippen LogP contribution in [0.3, 0.4) is 0 Å². The molecule has 0 unspecified atom stereocenters. The van der Waals surface area contributed by atoms with Crippen LogP contribution >= 0.6 is 0 Å². The van der Waals surface area contributed by atoms with E-state index in [2.05, 4.69) is 25.1 Å². The zero-order valence-corrected chi connectivity index (χ0v) is 12.0. The number of hydrogen-bond acceptors (Lipinski definition) is 2. The van der Waals surface area contributed by atoms with E-state index in [9.17, 15) is 0 Å². The summed E-state index contributed by atoms with van der Waals surface area (Å²) in [5.41, 5.74) is 9.05. The summed E-state index contributed by atoms with van der Waals surface area (Å²) in [6, 6.07) is 6.50. The number of ether oxygens (including phenoxy) is 1. The van der Waals surface area contributed by atoms with E-state index in [0.717, 1.165) is 31.1 Å². The van der Waals surface area contributed by atoms with Gasteiger partial charge < -0.3 is 10.5 Å². The molecule has 2 saturated carbocycles. The van der Waals surface area contributed by atoms with Gasteiger partial charge in [0.25, 0.3) is 0 Å². The van der Waals surface area contributed by atoms with Gasteiger partial charge in [0.15, 0.2) is 0 Å². The Balaban J connectivity index is 1.85. The van der Waals surface area contributed by atoms with E-state index in [1.807, 2.05) is 0 Å². The second-order valence-electron chi connectivity index (χ2n) is 6.47. The fourth-order valence-electron chi connectivity index (χ4n) is 3.10. The van der Waals surface area contributed by atoms with Crippen molar-refractivity contribution in [3.05, 3.63) is 29.3 Å². The van der Waals surface area contributed by atoms with Crippen LogP contribution in [0.2, 0.25) is 0 Å². The van der Waals surface area contributed by atoms with Crippen molar-refractivity contribution in [2.75, 3.05) is 6.61 Å². The highest BCUT2D eigenvalue weighted by Gasteiger charge is 2.32. The lowest BCUT2D eigenvalue weighted by Gasteiger charge is -2.35. The molecule has 0 bridgehead atoms. The first-order valence-electron chi connectivity index (χ1n) is 7.70. The third-order valence-electron chi connectivity index (χ3n) is 4.59. The molecule has 0 heterocycles. The molecule has 19 heavy (non-hydrogen) atoms. The van der Waals surface area contributed by atoms with Gasteiger partial charge in [-0.1, -0.05) is 37.0 Å². The molecule has 2 aliphatic carbocycles. The van der Waals surface area contributed by atoms with Crippen LogP contribution in [-0.2, 0) is 5.54 Å². The molecular weight excluding hydrogens is 234 g/mol. The number of nitrogens with two attached hydrogens (primary N) is 1. The van der Waals surface area contributed by atoms with Gasteiger partial charge in [0.05, 0.1) is 6.61 Å². The van der Waals surface area contributed by atoms with Crippen LogP contribution in [0.15, 0.2) is 18.2 Å². The summed E-state index contributed by atoms with van der Waals surface area (Å²) in [6.07, 6.45) is 8.65. The molecule has 0 spiro atoms. The highest BCUT2D eigenvalue weighted by Crippen LogP contribution is 2.40. The molecule has 3 rings (SSSR count). The molecule has 1 aromatic carbocycles. The third-order valence-corrected chi connectivity index (χ3v) is 4.59. The van der Waals surface area contributed by atoms with Gasteiger partial charge in [-0.2, -0.15) is 0 Å². The maximum absolute atomic E-state index is 6.69. The molecule has 2 aliphatic rings. The Hall–Kier alpha value is -1.02. The van der Waals surface area contributed by atoms with E-state index in [1.165, 1.54) is 43.2 Å². The van der Waals surface area contributed by atoms with Gasteiger partial charge in [0.1, 0.15) is 5.75 Å². The summed E-state index contributed by atoms with van der Waals surface area (Å²) in [5, 5.41) is 0. The van der Waals surface area contributed by atoms with Crippen LogP contribution in [0.1, 0.15) is 56.1 Å². The molecule has 0 amide bonds. The Morgan fingerprint density at radius 2 is 1.95 bits per heavy atom. The zero-order valence-electron chi connectivity index (χ0n) is 12.0. The van der Waals surface area contributed by atoms with E-state index in [4.69, 9.17) is 10.5 Å². The molecular formula is C17H25NO. The lowest BCUT2D eigenvalue weighted by molar-refractivity contribution is 0.263. The summed E-state index contributed by atoms with van der Waals surface area (Å²) in [4.78, 5) is 0. The predicted molar refractivity (Wildman–Crippen MR) is 78.3 cm³/mol. The van der Waals surface area contributed by atoms with Gasteiger partial charge in [0.2, 0.25) is 0 Å². The van der Waals surface area contributed by atoms with Gasteiger partial charge in [-0.3, -0.25) is 0 Å². The number of benzene rings is 1. The van der Waals surface area contributed by atoms with Gasteiger partial charge in [-0.25, -0.2) is 0 Å². The Morgan fingerprint density at radius 3 is 2.63 bits per heavy atom. The number of rotatable bonds is 4. The molecule has 104 valence electrons. The highest BCUT2D eigenvalue weighted by atomic mass is 16.5. The summed E-state index contributed by atoms with van der Waals surface area (Å²) >= 11 is 0. The number of hydrogen-bond donors (Lipinski definition) is 1. The van der Waals surface area contributed by atoms with Crippen LogP contribution in [0.5, 0.6) is 5.75 Å². The maximum Gasteiger partial charge on any atom is 0.124 e. The van der Waals surface area contributed by atoms with Gasteiger partial charge in [0, 0.05) is 11.1 Å². The quantitative estimate of drug-likeness (QED) is 0.890. The summed E-state index contributed by atoms with van der Waals surface area (Å²) in [5.74, 6) is 1.82. The Labute approximate surface area is 116 Å². The first-order chi connectivity index (χ1) is 9.17. The highest BCUT2D eigenvalue weighted by molar-refractivity contribution is 5.42. The van der Waals surface area contributed by atoms with Crippen LogP contribution in [0, 0.1) is 12.8 Å². The summed E-state index contributed by atoms with van der Waals surface area (Å²) in [7, 11) is 0. The Bertz CT molecular complexity index is 445. The SMILES string of the molecule is Cc1ccc(OCC2CC2)c(C2(N)CCCCC2)c1. The van der Waals surface area contributed by atoms with Gasteiger partial charge >= 0.3 is 0 Å². The monoisotopic (exact) mass is 259 g/mol. The molecule has 0 atom stereocenters. The smallest absolute Gasteiger partial charge is 0.124 e. The van der Waals surface area contributed by atoms with Crippen LogP contribution in [-0.4, -0.2) is 6.61 Å². The second-order valence-corrected chi connectivity index (χ2v) is 6.47. The molecule has 2 fully saturated rings. The van der Waals surface area contributed by atoms with Crippen molar-refractivity contribution in [1.82, 2.24) is 0 Å². The van der Waals surface area contributed by atoms with Crippen molar-refractivity contribution in [3.8, 4) is 5.75 Å². The van der Waals surface area contributed by atoms with E-state index >= 15 is 0 Å². The second kappa shape index (κ2) is 5.16. The van der Waals surface area contributed by atoms with Crippen molar-refractivity contribution in [2.45, 2.75) is 57.4 Å². The number of aryl methyl sites for hydroxylation is 1. The molecule has 2 nitrogen and oxygen atoms in total. The van der Waals surface area contributed by atoms with Crippen molar-refractivity contribution >= 4 is 0 Å². The third kappa shape index (κ3) is 2.94. The minimum absolute atomic E-state index is 0.164. The minimum atomic E-state index is -0.164. The first kappa shape index (κ1) is 13.0. The zero-order chi connectivity index (χ0) is 13.3. The summed E-state index contributed by atoms with van der Waals surface area (Å²) in [6.45, 7) is 3.01. The van der Waals surface area contributed by atoms with Crippen LogP contribution < -0.4 is 10.5 Å². The average molecular weight is 259 g/mol. The molecule has 0 aliphatic heterocycles. The standard InChI is InChI=1S/C17H25NO/c1-13-5-8-16(19-12-14-6-7-14)15(11-13)17(18)9-3-2-4-10-17/h5,8,11,14H,2-4,6-7,9-10,12,18H2,1H3. The fraction of sp³-hybridized carbons (Fsp3) is 0.647. The van der Waals surface area contributed by atoms with Crippen LogP contribution in [0.25, 0.3) is 0 Å². The normalized spacial score (nSPS) is 22.2. The van der Waals surface area contributed by atoms with E-state index in [1.54, 1.807) is 0 Å². The van der Waals surface area contributed by atoms with Gasteiger partial charge in [-0.05, 0) is 44.6 Å². The molecule has 2 N–H and O–H groups in total. The topological polar surface area (TPSA) is 35.2 Å². The van der Waals surface area contributed by atoms with Crippen molar-refractivity contribution in [1.29, 1.82) is 0 Å². The molecule has 0 saturated heterocycles. The van der Waals surface area contributed by atoms with Crippen LogP contribution in [0.4, 0.5) is 0 Å². The fourth-order valence-corrected chi connectivity index (χ4v) is 3.10. The first-order valence-corrected chi connectivity index (χ1v) is 7.70. The molecule has 0 aromatic heterocycles. The van der Waals surface area contributed by atoms with E-state index in [-0.39, 0.29) is 5.54 Å². The summed E-state index contributed by atoms with van der Waals surface area (Å²) < 4.78 is 6.05. The van der Waals surface area contributed by atoms with E-state index < -0.39 is 0 Å². The van der Waals surface area contributed by atoms with Crippen molar-refractivity contribution in [2.24, 2.45) is 11.7 Å². The molecule has 2 heteroatoms. The largest absolute Gasteiger partial charge is 0.493 e. The lowest BCUT2D eigenvalue weighted by atomic mass is 9.77. The Kier molecular flexibility index (Phi) is 3.53. The van der Waals surface area contributed by atoms with Gasteiger partial charge in [-0.15, -0.1) is 0 Å².